The number of benzene rings is 1. The molecule has 0 radical (unpaired) electrons. The zero-order chi connectivity index (χ0) is 15.2. The van der Waals surface area contributed by atoms with Crippen LogP contribution in [-0.4, -0.2) is 31.6 Å². The Balaban J connectivity index is 1.81. The third kappa shape index (κ3) is 5.38. The van der Waals surface area contributed by atoms with E-state index in [2.05, 4.69) is 10.6 Å². The van der Waals surface area contributed by atoms with Gasteiger partial charge in [0.15, 0.2) is 6.10 Å². The second-order valence-electron chi connectivity index (χ2n) is 5.32. The number of carbonyl (C=O) groups excluding carboxylic acids is 1. The predicted octanol–water partition coefficient (Wildman–Crippen LogP) is 2.88. The first-order valence-electron chi connectivity index (χ1n) is 7.16. The second-order valence-corrected chi connectivity index (χ2v) is 6.20. The molecular formula is C15H20Cl2N2O2. The molecule has 1 aromatic carbocycles. The van der Waals surface area contributed by atoms with E-state index in [0.717, 1.165) is 25.9 Å². The zero-order valence-corrected chi connectivity index (χ0v) is 13.5. The first-order valence-corrected chi connectivity index (χ1v) is 7.91. The van der Waals surface area contributed by atoms with Gasteiger partial charge in [-0.25, -0.2) is 0 Å². The number of carbonyl (C=O) groups is 1. The highest BCUT2D eigenvalue weighted by atomic mass is 35.5. The minimum Gasteiger partial charge on any atom is -0.481 e. The summed E-state index contributed by atoms with van der Waals surface area (Å²) in [5.74, 6) is 0.863. The van der Waals surface area contributed by atoms with Gasteiger partial charge < -0.3 is 15.4 Å². The van der Waals surface area contributed by atoms with Crippen LogP contribution in [-0.2, 0) is 4.79 Å². The summed E-state index contributed by atoms with van der Waals surface area (Å²) in [6.07, 6.45) is 1.72. The van der Waals surface area contributed by atoms with E-state index >= 15 is 0 Å². The van der Waals surface area contributed by atoms with Gasteiger partial charge in [-0.3, -0.25) is 4.79 Å². The molecule has 4 nitrogen and oxygen atoms in total. The van der Waals surface area contributed by atoms with Crippen molar-refractivity contribution in [1.29, 1.82) is 0 Å². The lowest BCUT2D eigenvalue weighted by molar-refractivity contribution is -0.127. The molecule has 116 valence electrons. The van der Waals surface area contributed by atoms with Crippen molar-refractivity contribution >= 4 is 29.1 Å². The van der Waals surface area contributed by atoms with Gasteiger partial charge in [0, 0.05) is 16.6 Å². The number of amides is 1. The fraction of sp³-hybridized carbons (Fsp3) is 0.533. The van der Waals surface area contributed by atoms with E-state index in [1.165, 1.54) is 0 Å². The van der Waals surface area contributed by atoms with Gasteiger partial charge in [-0.15, -0.1) is 0 Å². The maximum atomic E-state index is 12.0. The summed E-state index contributed by atoms with van der Waals surface area (Å²) < 4.78 is 5.58. The van der Waals surface area contributed by atoms with Crippen molar-refractivity contribution in [2.75, 3.05) is 19.6 Å². The quantitative estimate of drug-likeness (QED) is 0.872. The number of rotatable bonds is 5. The van der Waals surface area contributed by atoms with E-state index in [1.807, 2.05) is 0 Å². The lowest BCUT2D eigenvalue weighted by Crippen LogP contribution is -2.42. The van der Waals surface area contributed by atoms with Crippen molar-refractivity contribution in [3.8, 4) is 5.75 Å². The molecule has 0 spiro atoms. The number of ether oxygens (including phenoxy) is 1. The third-order valence-electron chi connectivity index (χ3n) is 3.48. The molecule has 1 aliphatic heterocycles. The molecular weight excluding hydrogens is 311 g/mol. The van der Waals surface area contributed by atoms with Gasteiger partial charge in [0.25, 0.3) is 5.91 Å². The Kier molecular flexibility index (Phi) is 6.15. The summed E-state index contributed by atoms with van der Waals surface area (Å²) in [6, 6.07) is 4.90. The molecule has 2 atom stereocenters. The standard InChI is InChI=1S/C15H20Cl2N2O2/c1-10(21-14-6-12(16)5-13(17)7-14)15(20)19-9-11-3-2-4-18-8-11/h5-7,10-11,18H,2-4,8-9H2,1H3,(H,19,20). The largest absolute Gasteiger partial charge is 0.481 e. The van der Waals surface area contributed by atoms with Crippen LogP contribution in [0.4, 0.5) is 0 Å². The van der Waals surface area contributed by atoms with Gasteiger partial charge >= 0.3 is 0 Å². The van der Waals surface area contributed by atoms with Gasteiger partial charge in [0.1, 0.15) is 5.75 Å². The molecule has 0 bridgehead atoms. The first-order chi connectivity index (χ1) is 10.0. The summed E-state index contributed by atoms with van der Waals surface area (Å²) in [5.41, 5.74) is 0. The van der Waals surface area contributed by atoms with Crippen LogP contribution < -0.4 is 15.4 Å². The molecule has 1 fully saturated rings. The Bertz CT molecular complexity index is 470. The maximum Gasteiger partial charge on any atom is 0.260 e. The molecule has 0 saturated carbocycles. The van der Waals surface area contributed by atoms with Crippen LogP contribution in [0.1, 0.15) is 19.8 Å². The van der Waals surface area contributed by atoms with E-state index in [1.54, 1.807) is 25.1 Å². The molecule has 2 unspecified atom stereocenters. The number of hydrogen-bond donors (Lipinski definition) is 2. The summed E-state index contributed by atoms with van der Waals surface area (Å²) in [5, 5.41) is 7.23. The Morgan fingerprint density at radius 2 is 2.14 bits per heavy atom. The average Bonchev–Trinajstić information content (AvgIpc) is 2.44. The normalized spacial score (nSPS) is 19.9. The first kappa shape index (κ1) is 16.4. The maximum absolute atomic E-state index is 12.0. The topological polar surface area (TPSA) is 50.4 Å². The molecule has 1 aromatic rings. The molecule has 0 aromatic heterocycles. The van der Waals surface area contributed by atoms with Gasteiger partial charge in [0.2, 0.25) is 0 Å². The number of nitrogens with one attached hydrogen (secondary N) is 2. The minimum atomic E-state index is -0.587. The van der Waals surface area contributed by atoms with Crippen LogP contribution >= 0.6 is 23.2 Å². The third-order valence-corrected chi connectivity index (χ3v) is 3.92. The Morgan fingerprint density at radius 3 is 2.76 bits per heavy atom. The Hall–Kier alpha value is -0.970. The SMILES string of the molecule is CC(Oc1cc(Cl)cc(Cl)c1)C(=O)NCC1CCCNC1. The highest BCUT2D eigenvalue weighted by Crippen LogP contribution is 2.24. The molecule has 1 heterocycles. The van der Waals surface area contributed by atoms with Crippen molar-refractivity contribution < 1.29 is 9.53 Å². The molecule has 1 saturated heterocycles. The number of halogens is 2. The van der Waals surface area contributed by atoms with Crippen LogP contribution in [0.15, 0.2) is 18.2 Å². The van der Waals surface area contributed by atoms with Crippen LogP contribution in [0.5, 0.6) is 5.75 Å². The van der Waals surface area contributed by atoms with Crippen molar-refractivity contribution in [3.05, 3.63) is 28.2 Å². The summed E-state index contributed by atoms with van der Waals surface area (Å²) in [4.78, 5) is 12.0. The van der Waals surface area contributed by atoms with E-state index in [-0.39, 0.29) is 5.91 Å². The van der Waals surface area contributed by atoms with Crippen LogP contribution in [0.3, 0.4) is 0 Å². The Labute approximate surface area is 135 Å². The average molecular weight is 331 g/mol. The van der Waals surface area contributed by atoms with Gasteiger partial charge in [-0.1, -0.05) is 23.2 Å². The monoisotopic (exact) mass is 330 g/mol. The smallest absolute Gasteiger partial charge is 0.260 e. The zero-order valence-electron chi connectivity index (χ0n) is 12.0. The highest BCUT2D eigenvalue weighted by molar-refractivity contribution is 6.34. The van der Waals surface area contributed by atoms with E-state index in [4.69, 9.17) is 27.9 Å². The summed E-state index contributed by atoms with van der Waals surface area (Å²) in [6.45, 7) is 4.41. The second kappa shape index (κ2) is 7.87. The van der Waals surface area contributed by atoms with Crippen LogP contribution in [0.2, 0.25) is 10.0 Å². The lowest BCUT2D eigenvalue weighted by atomic mass is 10.00. The van der Waals surface area contributed by atoms with Crippen LogP contribution in [0, 0.1) is 5.92 Å². The predicted molar refractivity (Wildman–Crippen MR) is 85.2 cm³/mol. The van der Waals surface area contributed by atoms with Gasteiger partial charge in [-0.05, 0) is 57.0 Å². The fourth-order valence-corrected chi connectivity index (χ4v) is 2.85. The molecule has 21 heavy (non-hydrogen) atoms. The van der Waals surface area contributed by atoms with Crippen molar-refractivity contribution in [2.45, 2.75) is 25.9 Å². The fourth-order valence-electron chi connectivity index (χ4n) is 2.34. The van der Waals surface area contributed by atoms with Gasteiger partial charge in [-0.2, -0.15) is 0 Å². The number of piperidine rings is 1. The molecule has 1 aliphatic rings. The van der Waals surface area contributed by atoms with Crippen molar-refractivity contribution in [1.82, 2.24) is 10.6 Å². The van der Waals surface area contributed by atoms with E-state index < -0.39 is 6.10 Å². The van der Waals surface area contributed by atoms with Gasteiger partial charge in [0.05, 0.1) is 0 Å². The summed E-state index contributed by atoms with van der Waals surface area (Å²) in [7, 11) is 0. The minimum absolute atomic E-state index is 0.128. The molecule has 6 heteroatoms. The van der Waals surface area contributed by atoms with E-state index in [0.29, 0.717) is 28.3 Å². The number of hydrogen-bond acceptors (Lipinski definition) is 3. The van der Waals surface area contributed by atoms with Crippen LogP contribution in [0.25, 0.3) is 0 Å². The highest BCUT2D eigenvalue weighted by Gasteiger charge is 2.18. The Morgan fingerprint density at radius 1 is 1.43 bits per heavy atom. The van der Waals surface area contributed by atoms with Crippen molar-refractivity contribution in [3.63, 3.8) is 0 Å². The molecule has 2 N–H and O–H groups in total. The van der Waals surface area contributed by atoms with E-state index in [9.17, 15) is 4.79 Å². The lowest BCUT2D eigenvalue weighted by Gasteiger charge is -2.23. The molecule has 0 aliphatic carbocycles. The summed E-state index contributed by atoms with van der Waals surface area (Å²) >= 11 is 11.8. The molecule has 2 rings (SSSR count). The molecule has 1 amide bonds. The van der Waals surface area contributed by atoms with Crippen molar-refractivity contribution in [2.24, 2.45) is 5.92 Å².